The molecular weight excluding hydrogens is 366 g/mol. The maximum Gasteiger partial charge on any atom is 0.163 e. The van der Waals surface area contributed by atoms with Crippen LogP contribution in [0.15, 0.2) is 47.4 Å². The lowest BCUT2D eigenvalue weighted by molar-refractivity contribution is 0.409. The summed E-state index contributed by atoms with van der Waals surface area (Å²) in [6.07, 6.45) is 3.15. The molecule has 0 amide bonds. The van der Waals surface area contributed by atoms with Gasteiger partial charge >= 0.3 is 0 Å². The summed E-state index contributed by atoms with van der Waals surface area (Å²) in [6.45, 7) is 4.15. The van der Waals surface area contributed by atoms with Gasteiger partial charge in [0.05, 0.1) is 17.3 Å². The number of hydrogen-bond acceptors (Lipinski definition) is 5. The van der Waals surface area contributed by atoms with E-state index < -0.39 is 0 Å². The van der Waals surface area contributed by atoms with Crippen LogP contribution >= 0.6 is 11.8 Å². The Labute approximate surface area is 170 Å². The van der Waals surface area contributed by atoms with E-state index in [0.717, 1.165) is 48.0 Å². The number of aromatic nitrogens is 3. The van der Waals surface area contributed by atoms with Gasteiger partial charge < -0.3 is 4.90 Å². The van der Waals surface area contributed by atoms with E-state index in [1.54, 1.807) is 11.8 Å². The molecule has 1 fully saturated rings. The normalized spacial score (nSPS) is 17.0. The van der Waals surface area contributed by atoms with Crippen molar-refractivity contribution < 1.29 is 0 Å². The Bertz CT molecular complexity index is 1050. The van der Waals surface area contributed by atoms with Crippen LogP contribution in [0.2, 0.25) is 0 Å². The number of hydrogen-bond donors (Lipinski definition) is 0. The molecule has 1 aliphatic heterocycles. The average molecular weight is 390 g/mol. The molecule has 28 heavy (non-hydrogen) atoms. The standard InChI is InChI=1S/C22H23N5S/c1-15-7-8-19(28-3)12-20(15)22-24-21(17-9-10-26(2)14-17)25-27(22)18-6-4-5-16(11-18)13-23/h4-8,11-12,17H,9-10,14H2,1-3H3. The Morgan fingerprint density at radius 3 is 2.79 bits per heavy atom. The van der Waals surface area contributed by atoms with Crippen LogP contribution in [0.3, 0.4) is 0 Å². The zero-order valence-electron chi connectivity index (χ0n) is 16.4. The third-order valence-electron chi connectivity index (χ3n) is 5.29. The maximum atomic E-state index is 9.31. The van der Waals surface area contributed by atoms with Crippen molar-refractivity contribution in [1.29, 1.82) is 5.26 Å². The number of likely N-dealkylation sites (tertiary alicyclic amines) is 1. The number of thioether (sulfide) groups is 1. The van der Waals surface area contributed by atoms with Crippen LogP contribution in [0.25, 0.3) is 17.1 Å². The summed E-state index contributed by atoms with van der Waals surface area (Å²) in [4.78, 5) is 8.52. The van der Waals surface area contributed by atoms with Crippen molar-refractivity contribution in [2.24, 2.45) is 0 Å². The molecule has 2 heterocycles. The molecule has 0 bridgehead atoms. The van der Waals surface area contributed by atoms with Crippen LogP contribution in [-0.4, -0.2) is 46.1 Å². The number of rotatable bonds is 4. The van der Waals surface area contributed by atoms with E-state index in [1.807, 2.05) is 28.9 Å². The molecule has 4 rings (SSSR count). The van der Waals surface area contributed by atoms with E-state index in [4.69, 9.17) is 10.1 Å². The molecule has 1 aromatic heterocycles. The highest BCUT2D eigenvalue weighted by atomic mass is 32.2. The summed E-state index contributed by atoms with van der Waals surface area (Å²) in [5.41, 5.74) is 3.74. The van der Waals surface area contributed by atoms with E-state index in [-0.39, 0.29) is 0 Å². The van der Waals surface area contributed by atoms with Crippen molar-refractivity contribution >= 4 is 11.8 Å². The van der Waals surface area contributed by atoms with Crippen LogP contribution < -0.4 is 0 Å². The first kappa shape index (κ1) is 18.7. The van der Waals surface area contributed by atoms with E-state index >= 15 is 0 Å². The number of likely N-dealkylation sites (N-methyl/N-ethyl adjacent to an activating group) is 1. The van der Waals surface area contributed by atoms with Crippen LogP contribution in [0.5, 0.6) is 0 Å². The molecule has 0 aliphatic carbocycles. The Morgan fingerprint density at radius 2 is 2.07 bits per heavy atom. The lowest BCUT2D eigenvalue weighted by Crippen LogP contribution is -2.13. The van der Waals surface area contributed by atoms with E-state index in [9.17, 15) is 5.26 Å². The summed E-state index contributed by atoms with van der Waals surface area (Å²) in [5, 5.41) is 14.2. The number of nitrogens with zero attached hydrogens (tertiary/aromatic N) is 5. The first-order valence-electron chi connectivity index (χ1n) is 9.40. The Morgan fingerprint density at radius 1 is 1.21 bits per heavy atom. The van der Waals surface area contributed by atoms with Gasteiger partial charge in [0.1, 0.15) is 0 Å². The van der Waals surface area contributed by atoms with Crippen LogP contribution in [0.1, 0.15) is 29.3 Å². The minimum absolute atomic E-state index is 0.341. The van der Waals surface area contributed by atoms with Gasteiger partial charge in [-0.15, -0.1) is 11.8 Å². The molecule has 142 valence electrons. The fourth-order valence-electron chi connectivity index (χ4n) is 3.68. The zero-order chi connectivity index (χ0) is 19.7. The molecular formula is C22H23N5S. The highest BCUT2D eigenvalue weighted by molar-refractivity contribution is 7.98. The van der Waals surface area contributed by atoms with Crippen molar-refractivity contribution in [2.75, 3.05) is 26.4 Å². The average Bonchev–Trinajstić information content (AvgIpc) is 3.35. The molecule has 1 saturated heterocycles. The largest absolute Gasteiger partial charge is 0.306 e. The minimum atomic E-state index is 0.341. The molecule has 0 N–H and O–H groups in total. The maximum absolute atomic E-state index is 9.31. The van der Waals surface area contributed by atoms with E-state index in [1.165, 1.54) is 4.90 Å². The van der Waals surface area contributed by atoms with Crippen molar-refractivity contribution in [1.82, 2.24) is 19.7 Å². The van der Waals surface area contributed by atoms with E-state index in [0.29, 0.717) is 11.5 Å². The van der Waals surface area contributed by atoms with Gasteiger partial charge in [-0.3, -0.25) is 0 Å². The first-order chi connectivity index (χ1) is 13.6. The number of aryl methyl sites for hydroxylation is 1. The predicted molar refractivity (Wildman–Crippen MR) is 113 cm³/mol. The smallest absolute Gasteiger partial charge is 0.163 e. The lowest BCUT2D eigenvalue weighted by atomic mass is 10.1. The fourth-order valence-corrected chi connectivity index (χ4v) is 4.12. The monoisotopic (exact) mass is 389 g/mol. The summed E-state index contributed by atoms with van der Waals surface area (Å²) >= 11 is 1.72. The highest BCUT2D eigenvalue weighted by Crippen LogP contribution is 2.32. The van der Waals surface area contributed by atoms with Gasteiger partial charge in [0.25, 0.3) is 0 Å². The lowest BCUT2D eigenvalue weighted by Gasteiger charge is -2.10. The molecule has 0 saturated carbocycles. The van der Waals surface area contributed by atoms with Crippen LogP contribution in [-0.2, 0) is 0 Å². The molecule has 0 radical (unpaired) electrons. The quantitative estimate of drug-likeness (QED) is 0.624. The number of nitriles is 1. The zero-order valence-corrected chi connectivity index (χ0v) is 17.2. The molecule has 2 aromatic carbocycles. The summed E-state index contributed by atoms with van der Waals surface area (Å²) in [5.74, 6) is 2.07. The summed E-state index contributed by atoms with van der Waals surface area (Å²) < 4.78 is 1.90. The van der Waals surface area contributed by atoms with Crippen LogP contribution in [0.4, 0.5) is 0 Å². The Kier molecular flexibility index (Phi) is 5.21. The minimum Gasteiger partial charge on any atom is -0.306 e. The van der Waals surface area contributed by atoms with Gasteiger partial charge in [0, 0.05) is 22.9 Å². The second kappa shape index (κ2) is 7.78. The van der Waals surface area contributed by atoms with E-state index in [2.05, 4.69) is 49.4 Å². The highest BCUT2D eigenvalue weighted by Gasteiger charge is 2.27. The third kappa shape index (κ3) is 3.56. The van der Waals surface area contributed by atoms with Gasteiger partial charge in [0.15, 0.2) is 11.6 Å². The second-order valence-electron chi connectivity index (χ2n) is 7.30. The second-order valence-corrected chi connectivity index (χ2v) is 8.18. The SMILES string of the molecule is CSc1ccc(C)c(-c2nc(C3CCN(C)C3)nn2-c2cccc(C#N)c2)c1. The number of benzene rings is 2. The van der Waals surface area contributed by atoms with Gasteiger partial charge in [-0.05, 0) is 69.1 Å². The Balaban J connectivity index is 1.88. The van der Waals surface area contributed by atoms with Crippen molar-refractivity contribution in [3.8, 4) is 23.1 Å². The van der Waals surface area contributed by atoms with Crippen molar-refractivity contribution in [3.63, 3.8) is 0 Å². The predicted octanol–water partition coefficient (Wildman–Crippen LogP) is 4.26. The molecule has 0 spiro atoms. The van der Waals surface area contributed by atoms with Gasteiger partial charge in [-0.1, -0.05) is 12.1 Å². The van der Waals surface area contributed by atoms with Gasteiger partial charge in [-0.2, -0.15) is 10.4 Å². The summed E-state index contributed by atoms with van der Waals surface area (Å²) in [6, 6.07) is 16.2. The van der Waals surface area contributed by atoms with Crippen LogP contribution in [0, 0.1) is 18.3 Å². The molecule has 5 nitrogen and oxygen atoms in total. The van der Waals surface area contributed by atoms with Crippen molar-refractivity contribution in [2.45, 2.75) is 24.2 Å². The first-order valence-corrected chi connectivity index (χ1v) is 10.6. The molecule has 1 atom stereocenters. The molecule has 1 unspecified atom stereocenters. The molecule has 1 aliphatic rings. The molecule has 3 aromatic rings. The topological polar surface area (TPSA) is 57.7 Å². The van der Waals surface area contributed by atoms with Gasteiger partial charge in [0.2, 0.25) is 0 Å². The van der Waals surface area contributed by atoms with Crippen molar-refractivity contribution in [3.05, 3.63) is 59.4 Å². The summed E-state index contributed by atoms with van der Waals surface area (Å²) in [7, 11) is 2.14. The Hall–Kier alpha value is -2.62. The third-order valence-corrected chi connectivity index (χ3v) is 6.01. The fraction of sp³-hybridized carbons (Fsp3) is 0.318. The van der Waals surface area contributed by atoms with Gasteiger partial charge in [-0.25, -0.2) is 9.67 Å². The molecule has 6 heteroatoms.